The lowest BCUT2D eigenvalue weighted by Crippen LogP contribution is -2.44. The van der Waals surface area contributed by atoms with Gasteiger partial charge in [0.25, 0.3) is 0 Å². The van der Waals surface area contributed by atoms with Crippen LogP contribution in [0.5, 0.6) is 0 Å². The fourth-order valence-electron chi connectivity index (χ4n) is 20.9. The van der Waals surface area contributed by atoms with Crippen molar-refractivity contribution in [3.05, 3.63) is 0 Å². The molecule has 0 aromatic rings. The quantitative estimate of drug-likeness (QED) is 0.0381. The largest absolute Gasteiger partial charge is 0.481 e. The van der Waals surface area contributed by atoms with Crippen LogP contribution in [0.4, 0.5) is 0 Å². The van der Waals surface area contributed by atoms with Crippen molar-refractivity contribution in [3.63, 3.8) is 0 Å². The summed E-state index contributed by atoms with van der Waals surface area (Å²) in [6.45, 7) is 40.5. The smallest absolute Gasteiger partial charge is 0.312 e. The first kappa shape index (κ1) is 84.3. The highest BCUT2D eigenvalue weighted by atomic mass is 16.7. The molecule has 10 saturated carbocycles. The molecule has 103 heavy (non-hydrogen) atoms. The highest BCUT2D eigenvalue weighted by Gasteiger charge is 2.66. The number of cyclic esters (lactones) is 1. The molecule has 25 heteroatoms. The number of hydrogen-bond acceptors (Lipinski definition) is 21. The predicted octanol–water partition coefficient (Wildman–Crippen LogP) is 10.8. The van der Waals surface area contributed by atoms with Crippen LogP contribution in [-0.4, -0.2) is 150 Å². The molecule has 1 heterocycles. The molecule has 32 atom stereocenters. The number of carbonyl (C=O) groups is 11. The molecule has 32 unspecified atom stereocenters. The maximum Gasteiger partial charge on any atom is 0.312 e. The summed E-state index contributed by atoms with van der Waals surface area (Å²) in [5.41, 5.74) is -1.15. The fourth-order valence-corrected chi connectivity index (χ4v) is 20.9. The zero-order valence-electron chi connectivity index (χ0n) is 64.7. The van der Waals surface area contributed by atoms with Gasteiger partial charge in [0.2, 0.25) is 0 Å². The summed E-state index contributed by atoms with van der Waals surface area (Å²) in [7, 11) is 1.44. The number of ether oxygens (including phenoxy) is 10. The van der Waals surface area contributed by atoms with Gasteiger partial charge < -0.3 is 67.8 Å². The number of carbonyl (C=O) groups excluding carboxylic acids is 7. The minimum Gasteiger partial charge on any atom is -0.481 e. The van der Waals surface area contributed by atoms with Crippen LogP contribution in [-0.2, 0) is 100 Å². The van der Waals surface area contributed by atoms with Gasteiger partial charge in [0.05, 0.1) is 72.2 Å². The zero-order chi connectivity index (χ0) is 77.3. The Morgan fingerprint density at radius 3 is 0.981 bits per heavy atom. The van der Waals surface area contributed by atoms with Crippen molar-refractivity contribution in [1.82, 2.24) is 0 Å². The summed E-state index contributed by atoms with van der Waals surface area (Å²) in [4.78, 5) is 132. The zero-order valence-corrected chi connectivity index (χ0v) is 64.7. The third-order valence-corrected chi connectivity index (χ3v) is 26.6. The number of hydrogen-bond donors (Lipinski definition) is 4. The van der Waals surface area contributed by atoms with Crippen molar-refractivity contribution in [2.45, 2.75) is 201 Å². The molecule has 584 valence electrons. The van der Waals surface area contributed by atoms with Gasteiger partial charge in [-0.2, -0.15) is 0 Å². The average molecular weight is 1460 g/mol. The third kappa shape index (κ3) is 18.4. The van der Waals surface area contributed by atoms with Crippen molar-refractivity contribution in [2.24, 2.45) is 183 Å². The summed E-state index contributed by atoms with van der Waals surface area (Å²) >= 11 is 0. The number of esters is 7. The van der Waals surface area contributed by atoms with Gasteiger partial charge >= 0.3 is 65.7 Å². The van der Waals surface area contributed by atoms with Crippen LogP contribution in [0.2, 0.25) is 0 Å². The topological polar surface area (TPSA) is 361 Å². The molecule has 0 radical (unpaired) electrons. The summed E-state index contributed by atoms with van der Waals surface area (Å²) in [5, 5.41) is 37.7. The van der Waals surface area contributed by atoms with E-state index in [1.54, 1.807) is 6.92 Å². The van der Waals surface area contributed by atoms with E-state index < -0.39 is 125 Å². The molecule has 0 aromatic carbocycles. The molecule has 11 rings (SSSR count). The van der Waals surface area contributed by atoms with E-state index >= 15 is 0 Å². The number of methoxy groups -OCH3 is 1. The Bertz CT molecular complexity index is 3040. The van der Waals surface area contributed by atoms with E-state index in [1.807, 2.05) is 62.3 Å². The maximum atomic E-state index is 12.8. The predicted molar refractivity (Wildman–Crippen MR) is 369 cm³/mol. The van der Waals surface area contributed by atoms with Crippen LogP contribution >= 0.6 is 0 Å². The van der Waals surface area contributed by atoms with Crippen LogP contribution < -0.4 is 0 Å². The minimum absolute atomic E-state index is 0.0838. The Hall–Kier alpha value is -5.95. The monoisotopic (exact) mass is 1460 g/mol. The molecule has 10 aliphatic carbocycles. The molecule has 1 aliphatic heterocycles. The third-order valence-electron chi connectivity index (χ3n) is 26.6. The molecule has 10 bridgehead atoms. The van der Waals surface area contributed by atoms with Crippen molar-refractivity contribution >= 4 is 65.7 Å². The normalized spacial score (nSPS) is 40.3. The van der Waals surface area contributed by atoms with E-state index in [1.165, 1.54) is 7.11 Å². The Balaban J connectivity index is 0.000000181. The van der Waals surface area contributed by atoms with Gasteiger partial charge in [-0.15, -0.1) is 0 Å². The summed E-state index contributed by atoms with van der Waals surface area (Å²) in [6, 6.07) is 0. The van der Waals surface area contributed by atoms with Crippen molar-refractivity contribution in [2.75, 3.05) is 40.5 Å². The molecular formula is C78H122O25. The maximum absolute atomic E-state index is 12.8. The van der Waals surface area contributed by atoms with Gasteiger partial charge in [0.1, 0.15) is 23.9 Å². The molecule has 1 saturated heterocycles. The lowest BCUT2D eigenvalue weighted by Gasteiger charge is -2.37. The van der Waals surface area contributed by atoms with E-state index in [9.17, 15) is 73.2 Å². The van der Waals surface area contributed by atoms with E-state index in [0.29, 0.717) is 78.3 Å². The second-order valence-corrected chi connectivity index (χ2v) is 34.7. The SMILES string of the molecule is CC(C)COC(C)OC(=O)C1C2CC(C(C)C2C)C1C(=O)O.CC1C(C)C2CC1C(C(=O)O)C2C(=O)OC(C)(C)C.CC1C(C)C2CC1C(C(=O)OC1COC(=O)C1)C2C(=O)OC(C)(C)C.CCOCOC(=O)C1C2CC(C(C)C2C)C1C(=O)O.COCOC(=O)C1C2CC(C(C)C2C)C1C(=O)O. The van der Waals surface area contributed by atoms with Crippen LogP contribution in [0.25, 0.3) is 0 Å². The molecule has 0 spiro atoms. The molecule has 11 aliphatic rings. The molecule has 0 aromatic heterocycles. The summed E-state index contributed by atoms with van der Waals surface area (Å²) in [5.74, 6) is -6.06. The average Bonchev–Trinajstić information content (AvgIpc) is 1.62. The first-order valence-electron chi connectivity index (χ1n) is 37.9. The van der Waals surface area contributed by atoms with Crippen LogP contribution in [0.15, 0.2) is 0 Å². The van der Waals surface area contributed by atoms with E-state index in [-0.39, 0.29) is 110 Å². The number of carboxylic acids is 4. The van der Waals surface area contributed by atoms with Crippen molar-refractivity contribution in [1.29, 1.82) is 0 Å². The van der Waals surface area contributed by atoms with Gasteiger partial charge in [-0.05, 0) is 212 Å². The Morgan fingerprint density at radius 2 is 0.709 bits per heavy atom. The number of rotatable bonds is 20. The Kier molecular flexibility index (Phi) is 28.1. The number of carboxylic acid groups (broad SMARTS) is 4. The molecule has 0 amide bonds. The van der Waals surface area contributed by atoms with Gasteiger partial charge in [0, 0.05) is 13.7 Å². The second kappa shape index (κ2) is 34.3. The second-order valence-electron chi connectivity index (χ2n) is 34.7. The van der Waals surface area contributed by atoms with Crippen LogP contribution in [0.1, 0.15) is 177 Å². The first-order chi connectivity index (χ1) is 47.9. The number of aliphatic carboxylic acids is 4. The number of fused-ring (bicyclic) bond motifs is 10. The fraction of sp³-hybridized carbons (Fsp3) is 0.859. The standard InChI is InChI=1S/C19H28O6.C17H28O5.C15H24O4.C14H22O5.C13H20O5/c1-9-10(2)13-7-12(9)15(16(13)18(22)25-19(3,4)5)17(21)24-11-6-14(20)23-8-11;1-8(2)7-21-11(5)22-17(20)15-13-6-12(9(3)10(13)4)14(15)16(18)19;1-7-8(2)10-6-9(7)11(13(16)17)12(10)14(18)19-15(3,4)5;1-4-18-6-19-14(17)12-10-5-9(7(2)8(10)3)11(12)13(15)16;1-6-7(2)9-4-8(6)10(12(14)15)11(9)13(16)18-5-17-3/h9-13,15-16H,6-8H2,1-5H3;8-15H,6-7H2,1-5H3,(H,18,19);7-12H,6H2,1-5H3,(H,16,17);7-12H,4-6H2,1-3H3,(H,15,16);6-11H,4-5H2,1-3H3,(H,14,15). The van der Waals surface area contributed by atoms with Gasteiger partial charge in [-0.3, -0.25) is 52.7 Å². The van der Waals surface area contributed by atoms with E-state index in [4.69, 9.17) is 47.4 Å². The van der Waals surface area contributed by atoms with E-state index in [2.05, 4.69) is 69.2 Å². The Labute approximate surface area is 608 Å². The minimum atomic E-state index is -0.874. The highest BCUT2D eigenvalue weighted by Crippen LogP contribution is 2.63. The van der Waals surface area contributed by atoms with Gasteiger partial charge in [0.15, 0.2) is 19.9 Å². The molecule has 11 fully saturated rings. The summed E-state index contributed by atoms with van der Waals surface area (Å²) < 4.78 is 52.0. The van der Waals surface area contributed by atoms with E-state index in [0.717, 1.165) is 32.1 Å². The molecular weight excluding hydrogens is 1340 g/mol. The summed E-state index contributed by atoms with van der Waals surface area (Å²) in [6.07, 6.45) is 3.10. The van der Waals surface area contributed by atoms with Crippen molar-refractivity contribution < 1.29 is 121 Å². The first-order valence-corrected chi connectivity index (χ1v) is 37.9. The van der Waals surface area contributed by atoms with Crippen molar-refractivity contribution in [3.8, 4) is 0 Å². The Morgan fingerprint density at radius 1 is 0.427 bits per heavy atom. The molecule has 25 nitrogen and oxygen atoms in total. The van der Waals surface area contributed by atoms with Crippen LogP contribution in [0, 0.1) is 183 Å². The van der Waals surface area contributed by atoms with Gasteiger partial charge in [-0.25, -0.2) is 0 Å². The lowest BCUT2D eigenvalue weighted by atomic mass is 9.69. The van der Waals surface area contributed by atoms with Gasteiger partial charge in [-0.1, -0.05) is 83.1 Å². The van der Waals surface area contributed by atoms with Crippen LogP contribution in [0.3, 0.4) is 0 Å². The molecule has 4 N–H and O–H groups in total. The lowest BCUT2D eigenvalue weighted by molar-refractivity contribution is -0.188. The highest BCUT2D eigenvalue weighted by molar-refractivity contribution is 5.87.